The fraction of sp³-hybridized carbons (Fsp3) is 0.222. The highest BCUT2D eigenvalue weighted by molar-refractivity contribution is 7.99. The first kappa shape index (κ1) is 12.2. The molecule has 0 unspecified atom stereocenters. The van der Waals surface area contributed by atoms with E-state index in [1.165, 1.54) is 0 Å². The van der Waals surface area contributed by atoms with Gasteiger partial charge in [0.15, 0.2) is 11.6 Å². The summed E-state index contributed by atoms with van der Waals surface area (Å²) in [7, 11) is 0. The third-order valence-corrected chi connectivity index (χ3v) is 2.78. The fourth-order valence-electron chi connectivity index (χ4n) is 1.37. The van der Waals surface area contributed by atoms with Crippen molar-refractivity contribution in [2.24, 2.45) is 0 Å². The van der Waals surface area contributed by atoms with Crippen LogP contribution >= 0.6 is 11.8 Å². The van der Waals surface area contributed by atoms with Crippen molar-refractivity contribution in [3.05, 3.63) is 23.5 Å². The highest BCUT2D eigenvalue weighted by Gasteiger charge is 2.52. The number of carbonyl (C=O) groups excluding carboxylic acids is 1. The second-order valence-corrected chi connectivity index (χ2v) is 4.11. The summed E-state index contributed by atoms with van der Waals surface area (Å²) in [6.45, 7) is 0. The van der Waals surface area contributed by atoms with Gasteiger partial charge in [0, 0.05) is 4.90 Å². The molecule has 0 saturated heterocycles. The smallest absolute Gasteiger partial charge is 0.422 e. The molecule has 0 aliphatic carbocycles. The molecule has 1 heterocycles. The van der Waals surface area contributed by atoms with Crippen molar-refractivity contribution in [3.63, 3.8) is 0 Å². The summed E-state index contributed by atoms with van der Waals surface area (Å²) >= 11 is -0.117. The standard InChI is InChI=1S/C9H3F5O2S/c10-3-1-2-4(17-8(11)12)5-6(3)16-9(13,14)7(5)15/h1-2,8H. The van der Waals surface area contributed by atoms with Gasteiger partial charge in [-0.2, -0.15) is 17.6 Å². The molecule has 0 aromatic heterocycles. The molecule has 0 bridgehead atoms. The van der Waals surface area contributed by atoms with E-state index in [1.54, 1.807) is 0 Å². The molecule has 0 radical (unpaired) electrons. The van der Waals surface area contributed by atoms with Gasteiger partial charge in [0.05, 0.1) is 5.56 Å². The van der Waals surface area contributed by atoms with E-state index in [0.29, 0.717) is 6.07 Å². The number of alkyl halides is 4. The van der Waals surface area contributed by atoms with E-state index in [0.717, 1.165) is 6.07 Å². The maximum atomic E-state index is 13.1. The van der Waals surface area contributed by atoms with Gasteiger partial charge in [-0.25, -0.2) is 4.39 Å². The van der Waals surface area contributed by atoms with Crippen LogP contribution in [0.1, 0.15) is 10.4 Å². The number of ketones is 1. The lowest BCUT2D eigenvalue weighted by molar-refractivity contribution is -0.125. The first-order valence-electron chi connectivity index (χ1n) is 4.22. The monoisotopic (exact) mass is 270 g/mol. The van der Waals surface area contributed by atoms with Crippen LogP contribution in [-0.4, -0.2) is 17.6 Å². The number of fused-ring (bicyclic) bond motifs is 1. The van der Waals surface area contributed by atoms with Crippen molar-refractivity contribution in [1.29, 1.82) is 0 Å². The van der Waals surface area contributed by atoms with Crippen molar-refractivity contribution >= 4 is 17.5 Å². The van der Waals surface area contributed by atoms with E-state index in [2.05, 4.69) is 4.74 Å². The van der Waals surface area contributed by atoms with Crippen LogP contribution in [0.2, 0.25) is 0 Å². The number of ether oxygens (including phenoxy) is 1. The highest BCUT2D eigenvalue weighted by atomic mass is 32.2. The normalized spacial score (nSPS) is 17.2. The molecule has 0 N–H and O–H groups in total. The maximum absolute atomic E-state index is 13.1. The van der Waals surface area contributed by atoms with E-state index in [9.17, 15) is 26.7 Å². The van der Waals surface area contributed by atoms with Crippen LogP contribution in [0.15, 0.2) is 17.0 Å². The molecule has 0 amide bonds. The first-order valence-corrected chi connectivity index (χ1v) is 5.10. The molecule has 17 heavy (non-hydrogen) atoms. The van der Waals surface area contributed by atoms with E-state index in [1.807, 2.05) is 0 Å². The van der Waals surface area contributed by atoms with Gasteiger partial charge in [-0.15, -0.1) is 0 Å². The molecule has 1 aromatic rings. The van der Waals surface area contributed by atoms with Crippen molar-refractivity contribution in [3.8, 4) is 5.75 Å². The average molecular weight is 270 g/mol. The summed E-state index contributed by atoms with van der Waals surface area (Å²) < 4.78 is 67.0. The summed E-state index contributed by atoms with van der Waals surface area (Å²) in [5.41, 5.74) is -0.833. The lowest BCUT2D eigenvalue weighted by Crippen LogP contribution is -2.28. The molecule has 2 nitrogen and oxygen atoms in total. The zero-order valence-corrected chi connectivity index (χ0v) is 8.66. The molecule has 0 spiro atoms. The molecule has 1 aliphatic rings. The minimum absolute atomic E-state index is 0.117. The van der Waals surface area contributed by atoms with E-state index >= 15 is 0 Å². The van der Waals surface area contributed by atoms with E-state index in [4.69, 9.17) is 0 Å². The van der Waals surface area contributed by atoms with Crippen molar-refractivity contribution in [2.45, 2.75) is 16.8 Å². The number of benzene rings is 1. The van der Waals surface area contributed by atoms with Gasteiger partial charge >= 0.3 is 6.11 Å². The largest absolute Gasteiger partial charge is 0.466 e. The third kappa shape index (κ3) is 1.97. The van der Waals surface area contributed by atoms with Crippen LogP contribution in [0.3, 0.4) is 0 Å². The van der Waals surface area contributed by atoms with Crippen LogP contribution in [0, 0.1) is 5.82 Å². The van der Waals surface area contributed by atoms with Gasteiger partial charge in [-0.05, 0) is 12.1 Å². The Morgan fingerprint density at radius 1 is 1.29 bits per heavy atom. The van der Waals surface area contributed by atoms with Gasteiger partial charge < -0.3 is 4.74 Å². The fourth-order valence-corrected chi connectivity index (χ4v) is 2.01. The van der Waals surface area contributed by atoms with Crippen LogP contribution < -0.4 is 4.74 Å². The first-order chi connectivity index (χ1) is 7.83. The predicted octanol–water partition coefficient (Wildman–Crippen LogP) is 3.31. The molecular weight excluding hydrogens is 267 g/mol. The van der Waals surface area contributed by atoms with E-state index in [-0.39, 0.29) is 11.8 Å². The summed E-state index contributed by atoms with van der Waals surface area (Å²) in [6.07, 6.45) is -4.21. The van der Waals surface area contributed by atoms with Crippen LogP contribution in [0.25, 0.3) is 0 Å². The lowest BCUT2D eigenvalue weighted by atomic mass is 10.1. The highest BCUT2D eigenvalue weighted by Crippen LogP contribution is 2.44. The topological polar surface area (TPSA) is 26.3 Å². The van der Waals surface area contributed by atoms with E-state index < -0.39 is 39.7 Å². The SMILES string of the molecule is O=C1c2c(SC(F)F)ccc(F)c2OC1(F)F. The molecule has 0 atom stereocenters. The Morgan fingerprint density at radius 2 is 1.94 bits per heavy atom. The minimum Gasteiger partial charge on any atom is -0.422 e. The Hall–Kier alpha value is -1.31. The summed E-state index contributed by atoms with van der Waals surface area (Å²) in [5.74, 6) is -6.89. The second kappa shape index (κ2) is 3.86. The summed E-state index contributed by atoms with van der Waals surface area (Å²) in [6, 6.07) is 1.53. The van der Waals surface area contributed by atoms with Crippen LogP contribution in [0.4, 0.5) is 22.0 Å². The quantitative estimate of drug-likeness (QED) is 0.609. The molecule has 1 aromatic carbocycles. The van der Waals surface area contributed by atoms with Gasteiger partial charge in [-0.3, -0.25) is 4.79 Å². The van der Waals surface area contributed by atoms with Crippen LogP contribution in [-0.2, 0) is 0 Å². The number of hydrogen-bond donors (Lipinski definition) is 0. The Kier molecular flexibility index (Phi) is 2.76. The van der Waals surface area contributed by atoms with Gasteiger partial charge in [-0.1, -0.05) is 11.8 Å². The van der Waals surface area contributed by atoms with Gasteiger partial charge in [0.2, 0.25) is 0 Å². The molecule has 1 aliphatic heterocycles. The number of hydrogen-bond acceptors (Lipinski definition) is 3. The Labute approximate surface area is 95.7 Å². The molecule has 8 heteroatoms. The van der Waals surface area contributed by atoms with Crippen molar-refractivity contribution in [1.82, 2.24) is 0 Å². The molecule has 0 saturated carbocycles. The van der Waals surface area contributed by atoms with Gasteiger partial charge in [0.1, 0.15) is 0 Å². The number of halogens is 5. The summed E-state index contributed by atoms with van der Waals surface area (Å²) in [4.78, 5) is 10.7. The number of rotatable bonds is 2. The Bertz CT molecular complexity index is 489. The van der Waals surface area contributed by atoms with Gasteiger partial charge in [0.25, 0.3) is 11.5 Å². The zero-order valence-electron chi connectivity index (χ0n) is 7.85. The Morgan fingerprint density at radius 3 is 2.53 bits per heavy atom. The number of Topliss-reactive ketones (excluding diaryl/α,β-unsaturated/α-hetero) is 1. The summed E-state index contributed by atoms with van der Waals surface area (Å²) in [5, 5.41) is 0. The van der Waals surface area contributed by atoms with Crippen molar-refractivity contribution < 1.29 is 31.5 Å². The second-order valence-electron chi connectivity index (χ2n) is 3.08. The van der Waals surface area contributed by atoms with Crippen molar-refractivity contribution in [2.75, 3.05) is 0 Å². The number of carbonyl (C=O) groups is 1. The minimum atomic E-state index is -4.21. The van der Waals surface area contributed by atoms with Crippen LogP contribution in [0.5, 0.6) is 5.75 Å². The molecule has 92 valence electrons. The molecular formula is C9H3F5O2S. The Balaban J connectivity index is 2.55. The number of thioether (sulfide) groups is 1. The maximum Gasteiger partial charge on any atom is 0.466 e. The third-order valence-electron chi connectivity index (χ3n) is 2.01. The average Bonchev–Trinajstić information content (AvgIpc) is 2.44. The lowest BCUT2D eigenvalue weighted by Gasteiger charge is -2.05. The molecule has 2 rings (SSSR count). The molecule has 0 fully saturated rings. The zero-order chi connectivity index (χ0) is 12.8. The predicted molar refractivity (Wildman–Crippen MR) is 48.2 cm³/mol.